The summed E-state index contributed by atoms with van der Waals surface area (Å²) in [5, 5.41) is 0. The average Bonchev–Trinajstić information content (AvgIpc) is 2.17. The van der Waals surface area contributed by atoms with E-state index in [1.807, 2.05) is 0 Å². The second-order valence-corrected chi connectivity index (χ2v) is 5.99. The molecule has 2 N–H and O–H groups in total. The maximum Gasteiger partial charge on any atom is 0.0901 e. The van der Waals surface area contributed by atoms with E-state index in [0.29, 0.717) is 4.99 Å². The standard InChI is InChI=1S/C12H25N3S/c1-5-10(11(13)16)14-6-8-15(9-7-14)12(2,3)4/h10H,5-9H2,1-4H3,(H2,13,16). The number of piperazine rings is 1. The first-order chi connectivity index (χ1) is 7.36. The lowest BCUT2D eigenvalue weighted by Gasteiger charge is -2.44. The highest BCUT2D eigenvalue weighted by molar-refractivity contribution is 7.80. The van der Waals surface area contributed by atoms with Gasteiger partial charge in [-0.2, -0.15) is 0 Å². The van der Waals surface area contributed by atoms with E-state index in [2.05, 4.69) is 37.5 Å². The van der Waals surface area contributed by atoms with Crippen LogP contribution in [-0.2, 0) is 0 Å². The van der Waals surface area contributed by atoms with Crippen molar-refractivity contribution < 1.29 is 0 Å². The molecule has 16 heavy (non-hydrogen) atoms. The molecule has 1 aliphatic rings. The largest absolute Gasteiger partial charge is 0.392 e. The quantitative estimate of drug-likeness (QED) is 0.761. The Balaban J connectivity index is 2.51. The first-order valence-electron chi connectivity index (χ1n) is 6.14. The molecule has 1 fully saturated rings. The zero-order chi connectivity index (χ0) is 12.3. The maximum absolute atomic E-state index is 5.77. The zero-order valence-electron chi connectivity index (χ0n) is 11.0. The van der Waals surface area contributed by atoms with Crippen LogP contribution in [0.5, 0.6) is 0 Å². The fourth-order valence-corrected chi connectivity index (χ4v) is 2.66. The summed E-state index contributed by atoms with van der Waals surface area (Å²) < 4.78 is 0. The number of rotatable bonds is 3. The number of hydrogen-bond acceptors (Lipinski definition) is 3. The number of thiocarbonyl (C=S) groups is 1. The van der Waals surface area contributed by atoms with Crippen LogP contribution in [0.2, 0.25) is 0 Å². The van der Waals surface area contributed by atoms with Gasteiger partial charge in [-0.25, -0.2) is 0 Å². The predicted molar refractivity (Wildman–Crippen MR) is 73.8 cm³/mol. The van der Waals surface area contributed by atoms with Crippen molar-refractivity contribution in [3.05, 3.63) is 0 Å². The first-order valence-corrected chi connectivity index (χ1v) is 6.55. The van der Waals surface area contributed by atoms with Crippen LogP contribution in [0.4, 0.5) is 0 Å². The van der Waals surface area contributed by atoms with Crippen LogP contribution >= 0.6 is 12.2 Å². The minimum Gasteiger partial charge on any atom is -0.392 e. The molecule has 0 aromatic rings. The van der Waals surface area contributed by atoms with Crippen LogP contribution in [0, 0.1) is 0 Å². The molecule has 0 bridgehead atoms. The Morgan fingerprint density at radius 2 is 1.75 bits per heavy atom. The van der Waals surface area contributed by atoms with Gasteiger partial charge < -0.3 is 5.73 Å². The van der Waals surface area contributed by atoms with Crippen molar-refractivity contribution in [2.24, 2.45) is 5.73 Å². The van der Waals surface area contributed by atoms with Crippen LogP contribution < -0.4 is 5.73 Å². The minimum absolute atomic E-state index is 0.275. The molecular formula is C12H25N3S. The van der Waals surface area contributed by atoms with Gasteiger partial charge in [-0.15, -0.1) is 0 Å². The summed E-state index contributed by atoms with van der Waals surface area (Å²) >= 11 is 5.12. The smallest absolute Gasteiger partial charge is 0.0901 e. The Hall–Kier alpha value is -0.190. The molecule has 0 saturated carbocycles. The molecule has 94 valence electrons. The van der Waals surface area contributed by atoms with Gasteiger partial charge in [0.15, 0.2) is 0 Å². The molecule has 1 atom stereocenters. The topological polar surface area (TPSA) is 32.5 Å². The summed E-state index contributed by atoms with van der Waals surface area (Å²) in [5.74, 6) is 0. The van der Waals surface area contributed by atoms with Gasteiger partial charge in [0, 0.05) is 31.7 Å². The Labute approximate surface area is 105 Å². The molecule has 3 nitrogen and oxygen atoms in total. The highest BCUT2D eigenvalue weighted by Gasteiger charge is 2.29. The van der Waals surface area contributed by atoms with Crippen molar-refractivity contribution in [2.45, 2.75) is 45.7 Å². The summed E-state index contributed by atoms with van der Waals surface area (Å²) in [6.45, 7) is 13.3. The Morgan fingerprint density at radius 3 is 2.06 bits per heavy atom. The summed E-state index contributed by atoms with van der Waals surface area (Å²) in [7, 11) is 0. The van der Waals surface area contributed by atoms with E-state index < -0.39 is 0 Å². The summed E-state index contributed by atoms with van der Waals surface area (Å²) in [5.41, 5.74) is 6.05. The molecule has 1 aliphatic heterocycles. The molecule has 1 unspecified atom stereocenters. The van der Waals surface area contributed by atoms with Crippen molar-refractivity contribution in [3.8, 4) is 0 Å². The third kappa shape index (κ3) is 3.40. The van der Waals surface area contributed by atoms with Crippen LogP contribution in [0.1, 0.15) is 34.1 Å². The number of nitrogens with zero attached hydrogens (tertiary/aromatic N) is 2. The SMILES string of the molecule is CCC(C(N)=S)N1CCN(C(C)(C)C)CC1. The van der Waals surface area contributed by atoms with E-state index >= 15 is 0 Å². The van der Waals surface area contributed by atoms with Crippen molar-refractivity contribution in [1.82, 2.24) is 9.80 Å². The number of hydrogen-bond donors (Lipinski definition) is 1. The predicted octanol–water partition coefficient (Wildman–Crippen LogP) is 1.47. The van der Waals surface area contributed by atoms with E-state index in [9.17, 15) is 0 Å². The normalized spacial score (nSPS) is 22.0. The molecule has 1 rings (SSSR count). The van der Waals surface area contributed by atoms with Gasteiger partial charge in [0.05, 0.1) is 11.0 Å². The molecule has 0 spiro atoms. The molecule has 0 aromatic carbocycles. The lowest BCUT2D eigenvalue weighted by Crippen LogP contribution is -2.57. The van der Waals surface area contributed by atoms with E-state index in [1.165, 1.54) is 0 Å². The Morgan fingerprint density at radius 1 is 1.25 bits per heavy atom. The third-order valence-electron chi connectivity index (χ3n) is 3.42. The van der Waals surface area contributed by atoms with E-state index in [1.54, 1.807) is 0 Å². The molecule has 0 amide bonds. The van der Waals surface area contributed by atoms with E-state index in [-0.39, 0.29) is 11.6 Å². The van der Waals surface area contributed by atoms with Gasteiger partial charge in [0.2, 0.25) is 0 Å². The molecule has 0 radical (unpaired) electrons. The summed E-state index contributed by atoms with van der Waals surface area (Å²) in [4.78, 5) is 5.59. The molecule has 1 heterocycles. The first kappa shape index (κ1) is 13.9. The molecule has 0 aromatic heterocycles. The monoisotopic (exact) mass is 243 g/mol. The third-order valence-corrected chi connectivity index (χ3v) is 3.69. The molecule has 0 aliphatic carbocycles. The highest BCUT2D eigenvalue weighted by Crippen LogP contribution is 2.17. The van der Waals surface area contributed by atoms with Crippen molar-refractivity contribution in [2.75, 3.05) is 26.2 Å². The fraction of sp³-hybridized carbons (Fsp3) is 0.917. The molecular weight excluding hydrogens is 218 g/mol. The lowest BCUT2D eigenvalue weighted by atomic mass is 10.0. The average molecular weight is 243 g/mol. The lowest BCUT2D eigenvalue weighted by molar-refractivity contribution is 0.0537. The van der Waals surface area contributed by atoms with Crippen LogP contribution in [0.3, 0.4) is 0 Å². The summed E-state index contributed by atoms with van der Waals surface area (Å²) in [6, 6.07) is 0.289. The fourth-order valence-electron chi connectivity index (χ4n) is 2.34. The van der Waals surface area contributed by atoms with E-state index in [4.69, 9.17) is 18.0 Å². The Kier molecular flexibility index (Phi) is 4.71. The molecule has 4 heteroatoms. The zero-order valence-corrected chi connectivity index (χ0v) is 11.8. The van der Waals surface area contributed by atoms with Crippen LogP contribution in [0.25, 0.3) is 0 Å². The highest BCUT2D eigenvalue weighted by atomic mass is 32.1. The maximum atomic E-state index is 5.77. The van der Waals surface area contributed by atoms with E-state index in [0.717, 1.165) is 32.6 Å². The van der Waals surface area contributed by atoms with Gasteiger partial charge in [0.1, 0.15) is 0 Å². The van der Waals surface area contributed by atoms with Gasteiger partial charge in [-0.05, 0) is 27.2 Å². The van der Waals surface area contributed by atoms with Crippen LogP contribution in [0.15, 0.2) is 0 Å². The van der Waals surface area contributed by atoms with Crippen molar-refractivity contribution >= 4 is 17.2 Å². The minimum atomic E-state index is 0.275. The van der Waals surface area contributed by atoms with Gasteiger partial charge in [-0.1, -0.05) is 19.1 Å². The second-order valence-electron chi connectivity index (χ2n) is 5.52. The van der Waals surface area contributed by atoms with Gasteiger partial charge in [-0.3, -0.25) is 9.80 Å². The van der Waals surface area contributed by atoms with Gasteiger partial charge in [0.25, 0.3) is 0 Å². The van der Waals surface area contributed by atoms with Crippen molar-refractivity contribution in [3.63, 3.8) is 0 Å². The summed E-state index contributed by atoms with van der Waals surface area (Å²) in [6.07, 6.45) is 1.02. The molecule has 1 saturated heterocycles. The van der Waals surface area contributed by atoms with Gasteiger partial charge >= 0.3 is 0 Å². The second kappa shape index (κ2) is 5.43. The number of nitrogens with two attached hydrogens (primary N) is 1. The van der Waals surface area contributed by atoms with Crippen molar-refractivity contribution in [1.29, 1.82) is 0 Å². The van der Waals surface area contributed by atoms with Crippen LogP contribution in [-0.4, -0.2) is 52.5 Å². The Bertz CT molecular complexity index is 239.